The van der Waals surface area contributed by atoms with Crippen molar-refractivity contribution in [3.63, 3.8) is 0 Å². The van der Waals surface area contributed by atoms with E-state index in [1.807, 2.05) is 109 Å². The third kappa shape index (κ3) is 13.2. The topological polar surface area (TPSA) is 55.4 Å². The van der Waals surface area contributed by atoms with Gasteiger partial charge in [0.2, 0.25) is 0 Å². The lowest BCUT2D eigenvalue weighted by atomic mass is 9.80. The Morgan fingerprint density at radius 1 is 0.218 bits per heavy atom. The standard InChI is InChI=1S/C72H66O6/c1-11-31-57(32-12-1)51-73-67(55-77-71(61-39-19-5-20-40-61,62-41-21-6-22-42-62)63-43-23-7-24-44-63)69(75-53-59-35-15-3-16-36-59)70(76-54-60-37-17-4-18-38-60)68(74-52-58-33-13-2-14-34-58)56-78-72(64-45-25-8-26-46-64,65-47-27-9-28-48-65)66-49-29-10-30-50-66/h1-50,67-70H,51-56H2/t67-,68-,69-,70?/m1/s1. The Morgan fingerprint density at radius 2 is 0.397 bits per heavy atom. The first-order valence-corrected chi connectivity index (χ1v) is 26.9. The number of hydrogen-bond acceptors (Lipinski definition) is 6. The van der Waals surface area contributed by atoms with Crippen molar-refractivity contribution in [3.05, 3.63) is 359 Å². The molecule has 0 aliphatic carbocycles. The van der Waals surface area contributed by atoms with Gasteiger partial charge >= 0.3 is 0 Å². The molecule has 0 spiro atoms. The predicted octanol–water partition coefficient (Wildman–Crippen LogP) is 15.3. The Labute approximate surface area is 460 Å². The quantitative estimate of drug-likeness (QED) is 0.0479. The minimum absolute atomic E-state index is 0.0738. The SMILES string of the molecule is c1ccc(COC([C@@H](COC(c2ccccc2)(c2ccccc2)c2ccccc2)OCc2ccccc2)[C@H](OCc2ccccc2)[C@@H](COC(c2ccccc2)(c2ccccc2)c2ccccc2)OCc2ccccc2)cc1. The second-order valence-corrected chi connectivity index (χ2v) is 19.4. The molecule has 390 valence electrons. The van der Waals surface area contributed by atoms with Gasteiger partial charge in [-0.25, -0.2) is 0 Å². The molecule has 0 bridgehead atoms. The van der Waals surface area contributed by atoms with E-state index >= 15 is 0 Å². The van der Waals surface area contributed by atoms with Crippen LogP contribution in [0.5, 0.6) is 0 Å². The molecule has 6 heteroatoms. The van der Waals surface area contributed by atoms with Crippen LogP contribution >= 0.6 is 0 Å². The van der Waals surface area contributed by atoms with E-state index in [1.54, 1.807) is 0 Å². The predicted molar refractivity (Wildman–Crippen MR) is 310 cm³/mol. The van der Waals surface area contributed by atoms with E-state index in [0.717, 1.165) is 55.6 Å². The highest BCUT2D eigenvalue weighted by atomic mass is 16.6. The Hall–Kier alpha value is -8.04. The summed E-state index contributed by atoms with van der Waals surface area (Å²) < 4.78 is 45.1. The average molecular weight is 1030 g/mol. The molecule has 0 N–H and O–H groups in total. The van der Waals surface area contributed by atoms with Gasteiger partial charge in [0, 0.05) is 0 Å². The molecule has 1 unspecified atom stereocenters. The van der Waals surface area contributed by atoms with Gasteiger partial charge in [-0.3, -0.25) is 0 Å². The average Bonchev–Trinajstić information content (AvgIpc) is 3.56. The zero-order valence-electron chi connectivity index (χ0n) is 43.9. The van der Waals surface area contributed by atoms with Gasteiger partial charge in [0.1, 0.15) is 35.6 Å². The van der Waals surface area contributed by atoms with Crippen molar-refractivity contribution in [1.82, 2.24) is 0 Å². The van der Waals surface area contributed by atoms with Crippen LogP contribution in [-0.4, -0.2) is 37.6 Å². The Bertz CT molecular complexity index is 2810. The summed E-state index contributed by atoms with van der Waals surface area (Å²) >= 11 is 0. The van der Waals surface area contributed by atoms with E-state index in [4.69, 9.17) is 28.4 Å². The summed E-state index contributed by atoms with van der Waals surface area (Å²) in [5.41, 5.74) is 7.68. The second kappa shape index (κ2) is 27.3. The van der Waals surface area contributed by atoms with E-state index in [2.05, 4.69) is 194 Å². The van der Waals surface area contributed by atoms with Gasteiger partial charge in [0.05, 0.1) is 39.6 Å². The highest BCUT2D eigenvalue weighted by Gasteiger charge is 2.45. The van der Waals surface area contributed by atoms with Crippen molar-refractivity contribution in [3.8, 4) is 0 Å². The third-order valence-electron chi connectivity index (χ3n) is 14.3. The molecular formula is C72H66O6. The maximum atomic E-state index is 7.75. The van der Waals surface area contributed by atoms with Gasteiger partial charge in [-0.05, 0) is 55.6 Å². The third-order valence-corrected chi connectivity index (χ3v) is 14.3. The first-order valence-electron chi connectivity index (χ1n) is 26.9. The van der Waals surface area contributed by atoms with Crippen molar-refractivity contribution in [2.45, 2.75) is 62.0 Å². The van der Waals surface area contributed by atoms with Crippen molar-refractivity contribution in [1.29, 1.82) is 0 Å². The number of benzene rings is 10. The lowest BCUT2D eigenvalue weighted by Crippen LogP contribution is -2.53. The minimum atomic E-state index is -1.07. The maximum absolute atomic E-state index is 7.75. The van der Waals surface area contributed by atoms with Crippen molar-refractivity contribution in [2.75, 3.05) is 13.2 Å². The van der Waals surface area contributed by atoms with Crippen LogP contribution in [-0.2, 0) is 66.1 Å². The molecule has 0 radical (unpaired) electrons. The van der Waals surface area contributed by atoms with Crippen LogP contribution in [0.1, 0.15) is 55.6 Å². The Kier molecular flexibility index (Phi) is 18.7. The molecule has 4 atom stereocenters. The molecule has 0 heterocycles. The lowest BCUT2D eigenvalue weighted by molar-refractivity contribution is -0.215. The summed E-state index contributed by atoms with van der Waals surface area (Å²) in [6.07, 6.45) is -3.20. The second-order valence-electron chi connectivity index (χ2n) is 19.4. The molecule has 6 nitrogen and oxygen atoms in total. The lowest BCUT2D eigenvalue weighted by Gasteiger charge is -2.42. The summed E-state index contributed by atoms with van der Waals surface area (Å²) in [4.78, 5) is 0. The molecule has 10 aromatic carbocycles. The van der Waals surface area contributed by atoms with Crippen LogP contribution in [0.2, 0.25) is 0 Å². The molecule has 0 aromatic heterocycles. The molecule has 0 amide bonds. The van der Waals surface area contributed by atoms with Crippen LogP contribution in [0.15, 0.2) is 303 Å². The summed E-state index contributed by atoms with van der Waals surface area (Å²) in [7, 11) is 0. The van der Waals surface area contributed by atoms with E-state index in [1.165, 1.54) is 0 Å². The summed E-state index contributed by atoms with van der Waals surface area (Å²) in [6, 6.07) is 104. The zero-order chi connectivity index (χ0) is 52.9. The maximum Gasteiger partial charge on any atom is 0.143 e. The largest absolute Gasteiger partial charge is 0.368 e. The minimum Gasteiger partial charge on any atom is -0.368 e. The van der Waals surface area contributed by atoms with Crippen molar-refractivity contribution < 1.29 is 28.4 Å². The summed E-state index contributed by atoms with van der Waals surface area (Å²) in [5.74, 6) is 0. The molecule has 0 aliphatic rings. The van der Waals surface area contributed by atoms with Gasteiger partial charge in [-0.1, -0.05) is 303 Å². The van der Waals surface area contributed by atoms with Gasteiger partial charge in [0.15, 0.2) is 0 Å². The molecular weight excluding hydrogens is 961 g/mol. The van der Waals surface area contributed by atoms with Crippen LogP contribution in [0.25, 0.3) is 0 Å². The van der Waals surface area contributed by atoms with E-state index in [9.17, 15) is 0 Å². The number of hydrogen-bond donors (Lipinski definition) is 0. The fraction of sp³-hybridized carbons (Fsp3) is 0.167. The fourth-order valence-corrected chi connectivity index (χ4v) is 10.3. The smallest absolute Gasteiger partial charge is 0.143 e. The fourth-order valence-electron chi connectivity index (χ4n) is 10.3. The van der Waals surface area contributed by atoms with Crippen LogP contribution in [0, 0.1) is 0 Å². The molecule has 10 rings (SSSR count). The van der Waals surface area contributed by atoms with Gasteiger partial charge in [-0.15, -0.1) is 0 Å². The van der Waals surface area contributed by atoms with Gasteiger partial charge < -0.3 is 28.4 Å². The highest BCUT2D eigenvalue weighted by molar-refractivity contribution is 5.49. The molecule has 78 heavy (non-hydrogen) atoms. The normalized spacial score (nSPS) is 13.3. The zero-order valence-corrected chi connectivity index (χ0v) is 43.9. The summed E-state index contributed by atoms with van der Waals surface area (Å²) in [6.45, 7) is 1.18. The first-order chi connectivity index (χ1) is 38.7. The van der Waals surface area contributed by atoms with E-state index in [0.29, 0.717) is 0 Å². The monoisotopic (exact) mass is 1030 g/mol. The summed E-state index contributed by atoms with van der Waals surface area (Å²) in [5, 5.41) is 0. The van der Waals surface area contributed by atoms with Crippen molar-refractivity contribution >= 4 is 0 Å². The number of ether oxygens (including phenoxy) is 6. The van der Waals surface area contributed by atoms with Crippen molar-refractivity contribution in [2.24, 2.45) is 0 Å². The van der Waals surface area contributed by atoms with E-state index < -0.39 is 35.6 Å². The Morgan fingerprint density at radius 3 is 0.603 bits per heavy atom. The molecule has 0 saturated heterocycles. The first kappa shape index (κ1) is 53.4. The van der Waals surface area contributed by atoms with Gasteiger partial charge in [0.25, 0.3) is 0 Å². The highest BCUT2D eigenvalue weighted by Crippen LogP contribution is 2.43. The van der Waals surface area contributed by atoms with Crippen LogP contribution < -0.4 is 0 Å². The molecule has 0 aliphatic heterocycles. The van der Waals surface area contributed by atoms with Crippen LogP contribution in [0.4, 0.5) is 0 Å². The van der Waals surface area contributed by atoms with Gasteiger partial charge in [-0.2, -0.15) is 0 Å². The molecule has 0 saturated carbocycles. The molecule has 10 aromatic rings. The number of rotatable bonds is 27. The van der Waals surface area contributed by atoms with E-state index in [-0.39, 0.29) is 39.6 Å². The Balaban J connectivity index is 1.15. The van der Waals surface area contributed by atoms with Crippen LogP contribution in [0.3, 0.4) is 0 Å². The molecule has 0 fully saturated rings.